The zero-order chi connectivity index (χ0) is 18.3. The minimum atomic E-state index is -0.256. The third kappa shape index (κ3) is 2.97. The monoisotopic (exact) mass is 375 g/mol. The van der Waals surface area contributed by atoms with E-state index in [0.717, 1.165) is 47.9 Å². The van der Waals surface area contributed by atoms with Gasteiger partial charge < -0.3 is 9.64 Å². The largest absolute Gasteiger partial charge is 0.368 e. The molecule has 2 aromatic rings. The second kappa shape index (κ2) is 7.12. The van der Waals surface area contributed by atoms with Crippen LogP contribution in [0.4, 0.5) is 0 Å². The predicted octanol–water partition coefficient (Wildman–Crippen LogP) is 2.67. The second-order valence-corrected chi connectivity index (χ2v) is 8.39. The zero-order valence-corrected chi connectivity index (χ0v) is 16.2. The molecule has 1 atom stereocenters. The Hall–Kier alpha value is -1.73. The summed E-state index contributed by atoms with van der Waals surface area (Å²) in [7, 11) is 0. The maximum atomic E-state index is 13.1. The van der Waals surface area contributed by atoms with Gasteiger partial charge in [-0.25, -0.2) is 4.98 Å². The van der Waals surface area contributed by atoms with Crippen LogP contribution in [0.15, 0.2) is 11.1 Å². The van der Waals surface area contributed by atoms with Gasteiger partial charge in [-0.2, -0.15) is 0 Å². The molecule has 2 aliphatic rings. The van der Waals surface area contributed by atoms with Gasteiger partial charge in [-0.15, -0.1) is 11.3 Å². The highest BCUT2D eigenvalue weighted by Crippen LogP contribution is 2.29. The normalized spacial score (nSPS) is 21.6. The van der Waals surface area contributed by atoms with E-state index in [0.29, 0.717) is 19.7 Å². The lowest BCUT2D eigenvalue weighted by molar-refractivity contribution is -0.142. The van der Waals surface area contributed by atoms with Crippen LogP contribution < -0.4 is 5.56 Å². The lowest BCUT2D eigenvalue weighted by Crippen LogP contribution is -2.45. The summed E-state index contributed by atoms with van der Waals surface area (Å²) in [5.41, 5.74) is 1.20. The zero-order valence-electron chi connectivity index (χ0n) is 15.4. The van der Waals surface area contributed by atoms with Crippen molar-refractivity contribution in [2.24, 2.45) is 0 Å². The third-order valence-electron chi connectivity index (χ3n) is 5.67. The average molecular weight is 375 g/mol. The van der Waals surface area contributed by atoms with Crippen LogP contribution in [0.1, 0.15) is 49.1 Å². The van der Waals surface area contributed by atoms with Crippen molar-refractivity contribution < 1.29 is 9.53 Å². The smallest absolute Gasteiger partial charge is 0.262 e. The average Bonchev–Trinajstić information content (AvgIpc) is 3.29. The molecule has 0 N–H and O–H groups in total. The maximum absolute atomic E-state index is 13.1. The lowest BCUT2D eigenvalue weighted by Gasteiger charge is -2.34. The molecule has 0 unspecified atom stereocenters. The van der Waals surface area contributed by atoms with Gasteiger partial charge in [-0.1, -0.05) is 6.92 Å². The number of hydrogen-bond acceptors (Lipinski definition) is 5. The van der Waals surface area contributed by atoms with Crippen molar-refractivity contribution >= 4 is 27.5 Å². The van der Waals surface area contributed by atoms with Crippen LogP contribution in [0.2, 0.25) is 0 Å². The number of piperidine rings is 1. The van der Waals surface area contributed by atoms with Crippen LogP contribution in [-0.2, 0) is 16.0 Å². The molecule has 140 valence electrons. The first-order valence-electron chi connectivity index (χ1n) is 9.49. The molecule has 2 saturated heterocycles. The second-order valence-electron chi connectivity index (χ2n) is 7.19. The van der Waals surface area contributed by atoms with Crippen molar-refractivity contribution in [2.75, 3.05) is 19.7 Å². The Balaban J connectivity index is 1.53. The fourth-order valence-electron chi connectivity index (χ4n) is 4.20. The van der Waals surface area contributed by atoms with Crippen LogP contribution in [0.5, 0.6) is 0 Å². The molecule has 0 radical (unpaired) electrons. The molecule has 2 aromatic heterocycles. The van der Waals surface area contributed by atoms with Gasteiger partial charge in [0, 0.05) is 30.6 Å². The topological polar surface area (TPSA) is 64.4 Å². The Kier molecular flexibility index (Phi) is 4.84. The summed E-state index contributed by atoms with van der Waals surface area (Å²) in [6, 6.07) is 0.109. The van der Waals surface area contributed by atoms with Gasteiger partial charge in [-0.05, 0) is 44.6 Å². The van der Waals surface area contributed by atoms with Gasteiger partial charge >= 0.3 is 0 Å². The van der Waals surface area contributed by atoms with Gasteiger partial charge in [0.05, 0.1) is 11.7 Å². The summed E-state index contributed by atoms with van der Waals surface area (Å²) in [5, 5.41) is 0.787. The number of amides is 1. The number of aryl methyl sites for hydroxylation is 2. The molecule has 26 heavy (non-hydrogen) atoms. The Labute approximate surface area is 156 Å². The molecule has 4 rings (SSSR count). The Morgan fingerprint density at radius 2 is 2.12 bits per heavy atom. The molecule has 1 amide bonds. The molecule has 4 heterocycles. The number of carbonyl (C=O) groups excluding carboxylic acids is 1. The third-order valence-corrected chi connectivity index (χ3v) is 6.72. The van der Waals surface area contributed by atoms with E-state index in [9.17, 15) is 9.59 Å². The number of ether oxygens (including phenoxy) is 1. The lowest BCUT2D eigenvalue weighted by atomic mass is 10.0. The molecule has 6 nitrogen and oxygen atoms in total. The molecule has 0 aliphatic carbocycles. The number of likely N-dealkylation sites (tertiary alicyclic amines) is 1. The molecule has 2 aliphatic heterocycles. The molecular weight excluding hydrogens is 350 g/mol. The Morgan fingerprint density at radius 3 is 2.77 bits per heavy atom. The van der Waals surface area contributed by atoms with Crippen LogP contribution in [0.25, 0.3) is 10.2 Å². The molecule has 0 saturated carbocycles. The molecule has 7 heteroatoms. The summed E-state index contributed by atoms with van der Waals surface area (Å²) in [6.45, 7) is 6.19. The van der Waals surface area contributed by atoms with Crippen LogP contribution in [-0.4, -0.2) is 46.2 Å². The number of carbonyl (C=O) groups is 1. The van der Waals surface area contributed by atoms with E-state index in [1.807, 2.05) is 4.90 Å². The van der Waals surface area contributed by atoms with Crippen LogP contribution in [0.3, 0.4) is 0 Å². The van der Waals surface area contributed by atoms with E-state index in [1.165, 1.54) is 4.88 Å². The maximum Gasteiger partial charge on any atom is 0.262 e. The van der Waals surface area contributed by atoms with Gasteiger partial charge in [0.25, 0.3) is 11.5 Å². The van der Waals surface area contributed by atoms with E-state index < -0.39 is 0 Å². The van der Waals surface area contributed by atoms with E-state index in [1.54, 1.807) is 22.2 Å². The summed E-state index contributed by atoms with van der Waals surface area (Å²) >= 11 is 1.60. The van der Waals surface area contributed by atoms with Crippen LogP contribution >= 0.6 is 11.3 Å². The number of rotatable bonds is 3. The highest BCUT2D eigenvalue weighted by Gasteiger charge is 2.31. The highest BCUT2D eigenvalue weighted by atomic mass is 32.1. The van der Waals surface area contributed by atoms with Crippen molar-refractivity contribution in [3.8, 4) is 0 Å². The summed E-state index contributed by atoms with van der Waals surface area (Å²) in [6.07, 6.45) is 5.66. The highest BCUT2D eigenvalue weighted by molar-refractivity contribution is 7.18. The van der Waals surface area contributed by atoms with Gasteiger partial charge in [0.15, 0.2) is 0 Å². The van der Waals surface area contributed by atoms with Crippen LogP contribution in [0, 0.1) is 6.92 Å². The number of hydrogen-bond donors (Lipinski definition) is 0. The number of aromatic nitrogens is 2. The molecular formula is C19H25N3O3S. The summed E-state index contributed by atoms with van der Waals surface area (Å²) in [4.78, 5) is 34.0. The van der Waals surface area contributed by atoms with Crippen molar-refractivity contribution in [1.82, 2.24) is 14.5 Å². The van der Waals surface area contributed by atoms with Crippen molar-refractivity contribution in [3.05, 3.63) is 27.1 Å². The van der Waals surface area contributed by atoms with Crippen molar-refractivity contribution in [1.29, 1.82) is 0 Å². The van der Waals surface area contributed by atoms with Gasteiger partial charge in [-0.3, -0.25) is 14.2 Å². The first-order valence-corrected chi connectivity index (χ1v) is 10.3. The predicted molar refractivity (Wildman–Crippen MR) is 102 cm³/mol. The number of nitrogens with zero attached hydrogens (tertiary/aromatic N) is 3. The fraction of sp³-hybridized carbons (Fsp3) is 0.632. The molecule has 0 spiro atoms. The standard InChI is InChI=1S/C19H25N3O3S/c1-3-14-12(2)26-17-16(14)19(24)22(11-20-17)13-6-8-21(9-7-13)18(23)15-5-4-10-25-15/h11,13,15H,3-10H2,1-2H3/t15-/m0/s1. The SMILES string of the molecule is CCc1c(C)sc2ncn(C3CCN(C(=O)[C@@H]4CCCO4)CC3)c(=O)c12. The van der Waals surface area contributed by atoms with E-state index in [2.05, 4.69) is 18.8 Å². The van der Waals surface area contributed by atoms with E-state index in [-0.39, 0.29) is 23.6 Å². The summed E-state index contributed by atoms with van der Waals surface area (Å²) < 4.78 is 7.31. The van der Waals surface area contributed by atoms with Gasteiger partial charge in [0.1, 0.15) is 10.9 Å². The minimum absolute atomic E-state index is 0.0695. The molecule has 0 bridgehead atoms. The van der Waals surface area contributed by atoms with Gasteiger partial charge in [0.2, 0.25) is 0 Å². The number of thiophene rings is 1. The minimum Gasteiger partial charge on any atom is -0.368 e. The van der Waals surface area contributed by atoms with E-state index >= 15 is 0 Å². The molecule has 0 aromatic carbocycles. The summed E-state index contributed by atoms with van der Waals surface area (Å²) in [5.74, 6) is 0.114. The first-order chi connectivity index (χ1) is 12.6. The first kappa shape index (κ1) is 17.7. The Bertz CT molecular complexity index is 874. The quantitative estimate of drug-likeness (QED) is 0.827. The van der Waals surface area contributed by atoms with E-state index in [4.69, 9.17) is 4.74 Å². The fourth-order valence-corrected chi connectivity index (χ4v) is 5.27. The van der Waals surface area contributed by atoms with Crippen molar-refractivity contribution in [3.63, 3.8) is 0 Å². The molecule has 2 fully saturated rings. The van der Waals surface area contributed by atoms with Crippen molar-refractivity contribution in [2.45, 2.75) is 58.1 Å². The Morgan fingerprint density at radius 1 is 1.35 bits per heavy atom. The number of fused-ring (bicyclic) bond motifs is 1.